The Bertz CT molecular complexity index is 1720. The number of methoxy groups -OCH3 is 2. The number of anilines is 1. The van der Waals surface area contributed by atoms with E-state index in [1.54, 1.807) is 68.8 Å². The normalized spacial score (nSPS) is 21.4. The van der Waals surface area contributed by atoms with Gasteiger partial charge in [-0.15, -0.1) is 0 Å². The van der Waals surface area contributed by atoms with Gasteiger partial charge in [-0.3, -0.25) is 14.4 Å². The summed E-state index contributed by atoms with van der Waals surface area (Å²) in [5.41, 5.74) is 1.95. The van der Waals surface area contributed by atoms with Gasteiger partial charge in [-0.25, -0.2) is 0 Å². The summed E-state index contributed by atoms with van der Waals surface area (Å²) in [6, 6.07) is 27.5. The molecule has 1 spiro atoms. The summed E-state index contributed by atoms with van der Waals surface area (Å²) in [5.74, 6) is -0.601. The Kier molecular flexibility index (Phi) is 5.68. The molecule has 2 aliphatic heterocycles. The molecule has 0 bridgehead atoms. The van der Waals surface area contributed by atoms with Gasteiger partial charge in [-0.1, -0.05) is 84.9 Å². The second-order valence-corrected chi connectivity index (χ2v) is 10.6. The summed E-state index contributed by atoms with van der Waals surface area (Å²) in [6.45, 7) is 0. The summed E-state index contributed by atoms with van der Waals surface area (Å²) in [4.78, 5) is 46.3. The molecule has 3 atom stereocenters. The summed E-state index contributed by atoms with van der Waals surface area (Å²) in [6.07, 6.45) is 3.87. The molecule has 2 heterocycles. The molecule has 1 unspecified atom stereocenters. The third kappa shape index (κ3) is 3.34. The van der Waals surface area contributed by atoms with Gasteiger partial charge in [-0.05, 0) is 29.8 Å². The molecule has 0 aromatic heterocycles. The van der Waals surface area contributed by atoms with Crippen LogP contribution in [-0.4, -0.2) is 43.7 Å². The van der Waals surface area contributed by atoms with Crippen LogP contribution in [-0.2, 0) is 0 Å². The van der Waals surface area contributed by atoms with E-state index >= 15 is 0 Å². The van der Waals surface area contributed by atoms with Crippen molar-refractivity contribution in [3.05, 3.63) is 131 Å². The zero-order chi connectivity index (χ0) is 28.3. The minimum atomic E-state index is -1.61. The number of Topliss-reactive ketones (excluding diaryl/α,β-unsaturated/α-hetero) is 3. The molecule has 1 fully saturated rings. The Morgan fingerprint density at radius 3 is 2.12 bits per heavy atom. The fourth-order valence-electron chi connectivity index (χ4n) is 7.12. The Labute approximate surface area is 237 Å². The predicted molar refractivity (Wildman–Crippen MR) is 156 cm³/mol. The molecule has 0 N–H and O–H groups in total. The Morgan fingerprint density at radius 1 is 0.780 bits per heavy atom. The first-order valence-corrected chi connectivity index (χ1v) is 13.6. The lowest BCUT2D eigenvalue weighted by atomic mass is 9.64. The van der Waals surface area contributed by atoms with Gasteiger partial charge in [0.1, 0.15) is 23.0 Å². The molecule has 6 heteroatoms. The number of carbonyl (C=O) groups excluding carboxylic acids is 3. The second-order valence-electron chi connectivity index (χ2n) is 10.6. The molecule has 0 amide bonds. The number of nitrogens with zero attached hydrogens (tertiary/aromatic N) is 1. The fourth-order valence-corrected chi connectivity index (χ4v) is 7.12. The van der Waals surface area contributed by atoms with Gasteiger partial charge in [0, 0.05) is 33.9 Å². The minimum absolute atomic E-state index is 0.177. The first-order chi connectivity index (χ1) is 20.0. The Balaban J connectivity index is 1.59. The van der Waals surface area contributed by atoms with E-state index in [0.29, 0.717) is 33.8 Å². The van der Waals surface area contributed by atoms with Gasteiger partial charge in [0.2, 0.25) is 0 Å². The molecular formula is C35H27NO5. The SMILES string of the molecule is COc1ccc(OC)c([C@@H]2[C@@H](C(=O)c3ccccc3)N3c4ccccc4C=CC3C23C(=O)c2ccccc2C3=O)c1. The van der Waals surface area contributed by atoms with Gasteiger partial charge in [0.05, 0.1) is 20.3 Å². The summed E-state index contributed by atoms with van der Waals surface area (Å²) < 4.78 is 11.4. The average molecular weight is 542 g/mol. The van der Waals surface area contributed by atoms with Crippen LogP contribution in [0.3, 0.4) is 0 Å². The van der Waals surface area contributed by atoms with Crippen molar-refractivity contribution in [2.45, 2.75) is 18.0 Å². The number of hydrogen-bond donors (Lipinski definition) is 0. The van der Waals surface area contributed by atoms with Crippen molar-refractivity contribution in [3.8, 4) is 11.5 Å². The lowest BCUT2D eigenvalue weighted by molar-refractivity contribution is 0.0664. The Hall–Kier alpha value is -4.97. The van der Waals surface area contributed by atoms with E-state index in [9.17, 15) is 14.4 Å². The topological polar surface area (TPSA) is 72.9 Å². The lowest BCUT2D eigenvalue weighted by Gasteiger charge is -2.37. The van der Waals surface area contributed by atoms with Crippen molar-refractivity contribution in [1.29, 1.82) is 0 Å². The monoisotopic (exact) mass is 541 g/mol. The van der Waals surface area contributed by atoms with E-state index in [2.05, 4.69) is 0 Å². The number of hydrogen-bond acceptors (Lipinski definition) is 6. The fraction of sp³-hybridized carbons (Fsp3) is 0.171. The highest BCUT2D eigenvalue weighted by atomic mass is 16.5. The van der Waals surface area contributed by atoms with Crippen LogP contribution in [0.2, 0.25) is 0 Å². The van der Waals surface area contributed by atoms with Crippen LogP contribution in [0.1, 0.15) is 48.1 Å². The molecular weight excluding hydrogens is 514 g/mol. The third-order valence-electron chi connectivity index (χ3n) is 8.81. The molecule has 41 heavy (non-hydrogen) atoms. The maximum Gasteiger partial charge on any atom is 0.185 e. The number of benzene rings is 4. The number of ether oxygens (including phenoxy) is 2. The van der Waals surface area contributed by atoms with Crippen molar-refractivity contribution in [3.63, 3.8) is 0 Å². The number of carbonyl (C=O) groups is 3. The van der Waals surface area contributed by atoms with E-state index < -0.39 is 23.4 Å². The molecule has 6 nitrogen and oxygen atoms in total. The van der Waals surface area contributed by atoms with Crippen molar-refractivity contribution in [1.82, 2.24) is 0 Å². The van der Waals surface area contributed by atoms with Crippen molar-refractivity contribution in [2.75, 3.05) is 19.1 Å². The quantitative estimate of drug-likeness (QED) is 0.227. The zero-order valence-electron chi connectivity index (χ0n) is 22.6. The number of rotatable bonds is 5. The van der Waals surface area contributed by atoms with Crippen LogP contribution in [0.15, 0.2) is 103 Å². The van der Waals surface area contributed by atoms with E-state index in [0.717, 1.165) is 11.3 Å². The van der Waals surface area contributed by atoms with E-state index in [1.165, 1.54) is 0 Å². The summed E-state index contributed by atoms with van der Waals surface area (Å²) in [7, 11) is 3.11. The van der Waals surface area contributed by atoms with Gasteiger partial charge >= 0.3 is 0 Å². The molecule has 7 rings (SSSR count). The van der Waals surface area contributed by atoms with Gasteiger partial charge in [-0.2, -0.15) is 0 Å². The van der Waals surface area contributed by atoms with Crippen molar-refractivity contribution in [2.24, 2.45) is 5.41 Å². The number of para-hydroxylation sites is 1. The van der Waals surface area contributed by atoms with Gasteiger partial charge in [0.25, 0.3) is 0 Å². The Morgan fingerprint density at radius 2 is 1.44 bits per heavy atom. The molecule has 4 aromatic carbocycles. The van der Waals surface area contributed by atoms with Gasteiger partial charge in [0.15, 0.2) is 17.3 Å². The van der Waals surface area contributed by atoms with E-state index in [-0.39, 0.29) is 17.3 Å². The summed E-state index contributed by atoms with van der Waals surface area (Å²) in [5, 5.41) is 0. The van der Waals surface area contributed by atoms with Crippen molar-refractivity contribution >= 4 is 29.1 Å². The molecule has 202 valence electrons. The average Bonchev–Trinajstić information content (AvgIpc) is 3.46. The molecule has 1 saturated heterocycles. The summed E-state index contributed by atoms with van der Waals surface area (Å²) >= 11 is 0. The second kappa shape index (κ2) is 9.30. The van der Waals surface area contributed by atoms with Crippen molar-refractivity contribution < 1.29 is 23.9 Å². The van der Waals surface area contributed by atoms with Gasteiger partial charge < -0.3 is 14.4 Å². The number of ketones is 3. The highest BCUT2D eigenvalue weighted by Gasteiger charge is 2.72. The van der Waals surface area contributed by atoms with Crippen LogP contribution >= 0.6 is 0 Å². The molecule has 4 aromatic rings. The van der Waals surface area contributed by atoms with E-state index in [4.69, 9.17) is 9.47 Å². The lowest BCUT2D eigenvalue weighted by Crippen LogP contribution is -2.48. The highest BCUT2D eigenvalue weighted by Crippen LogP contribution is 2.62. The smallest absolute Gasteiger partial charge is 0.185 e. The zero-order valence-corrected chi connectivity index (χ0v) is 22.6. The third-order valence-corrected chi connectivity index (χ3v) is 8.81. The van der Waals surface area contributed by atoms with Crippen LogP contribution < -0.4 is 14.4 Å². The minimum Gasteiger partial charge on any atom is -0.497 e. The van der Waals surface area contributed by atoms with Crippen LogP contribution in [0.25, 0.3) is 6.08 Å². The first-order valence-electron chi connectivity index (χ1n) is 13.6. The maximum absolute atomic E-state index is 14.8. The van der Waals surface area contributed by atoms with Crippen LogP contribution in [0.5, 0.6) is 11.5 Å². The maximum atomic E-state index is 14.8. The van der Waals surface area contributed by atoms with Crippen LogP contribution in [0.4, 0.5) is 5.69 Å². The highest BCUT2D eigenvalue weighted by molar-refractivity contribution is 6.32. The van der Waals surface area contributed by atoms with Crippen LogP contribution in [0, 0.1) is 5.41 Å². The standard InChI is InChI=1S/C35H27NO5/c1-40-23-17-18-28(41-2)26(20-23)30-31(32(37)22-11-4-3-5-12-22)36-27-15-9-6-10-21(27)16-19-29(36)35(30)33(38)24-13-7-8-14-25(24)34(35)39/h3-20,29-31H,1-2H3/t29?,30-,31+/m1/s1. The van der Waals surface area contributed by atoms with E-state index in [1.807, 2.05) is 59.5 Å². The molecule has 0 radical (unpaired) electrons. The first kappa shape index (κ1) is 25.0. The molecule has 3 aliphatic rings. The molecule has 1 aliphatic carbocycles. The molecule has 0 saturated carbocycles. The number of fused-ring (bicyclic) bond motifs is 5. The largest absolute Gasteiger partial charge is 0.497 e. The predicted octanol–water partition coefficient (Wildman–Crippen LogP) is 6.02.